The summed E-state index contributed by atoms with van der Waals surface area (Å²) in [6.45, 7) is 6.32. The zero-order chi connectivity index (χ0) is 20.4. The van der Waals surface area contributed by atoms with Gasteiger partial charge in [-0.05, 0) is 38.0 Å². The molecule has 7 heteroatoms. The molecular formula is C21H31NO5S. The van der Waals surface area contributed by atoms with Crippen molar-refractivity contribution in [3.8, 4) is 0 Å². The number of allylic oxidation sites excluding steroid dienone is 3. The molecule has 3 rings (SSSR count). The van der Waals surface area contributed by atoms with E-state index < -0.39 is 17.9 Å². The average molecular weight is 410 g/mol. The number of esters is 1. The Morgan fingerprint density at radius 3 is 2.79 bits per heavy atom. The molecule has 0 aliphatic carbocycles. The van der Waals surface area contributed by atoms with Crippen LogP contribution in [0.1, 0.15) is 59.3 Å². The number of hydrogen-bond donors (Lipinski definition) is 2. The number of carbonyl (C=O) groups is 2. The lowest BCUT2D eigenvalue weighted by Crippen LogP contribution is -2.58. The van der Waals surface area contributed by atoms with Crippen LogP contribution in [0.4, 0.5) is 4.79 Å². The summed E-state index contributed by atoms with van der Waals surface area (Å²) in [5.41, 5.74) is 0.993. The highest BCUT2D eigenvalue weighted by atomic mass is 32.2. The lowest BCUT2D eigenvalue weighted by atomic mass is 9.83. The summed E-state index contributed by atoms with van der Waals surface area (Å²) in [4.78, 5) is 24.0. The van der Waals surface area contributed by atoms with Crippen molar-refractivity contribution < 1.29 is 24.2 Å². The Bertz CT molecular complexity index is 674. The van der Waals surface area contributed by atoms with E-state index in [2.05, 4.69) is 31.3 Å². The van der Waals surface area contributed by atoms with Gasteiger partial charge in [-0.2, -0.15) is 0 Å². The highest BCUT2D eigenvalue weighted by Crippen LogP contribution is 2.38. The van der Waals surface area contributed by atoms with Crippen LogP contribution in [0.25, 0.3) is 0 Å². The summed E-state index contributed by atoms with van der Waals surface area (Å²) in [5, 5.41) is 13.8. The predicted octanol–water partition coefficient (Wildman–Crippen LogP) is 3.69. The second-order valence-electron chi connectivity index (χ2n) is 8.84. The molecule has 1 unspecified atom stereocenters. The third-order valence-corrected chi connectivity index (χ3v) is 6.55. The molecule has 2 N–H and O–H groups in total. The lowest BCUT2D eigenvalue weighted by molar-refractivity contribution is -0.284. The van der Waals surface area contributed by atoms with Crippen molar-refractivity contribution in [3.63, 3.8) is 0 Å². The van der Waals surface area contributed by atoms with Crippen molar-refractivity contribution in [2.75, 3.05) is 5.75 Å². The molecule has 3 aliphatic heterocycles. The quantitative estimate of drug-likeness (QED) is 0.507. The molecule has 0 radical (unpaired) electrons. The number of aliphatic hydroxyl groups is 1. The molecule has 2 fully saturated rings. The SMILES string of the molecule is CC1=CC(=O)O[C@@H]2CC(CCC(C)(C)C=CCC1)O[C@@](O)([C@@H]1CSC(=O)N1)C2. The van der Waals surface area contributed by atoms with Gasteiger partial charge in [-0.25, -0.2) is 4.79 Å². The molecule has 156 valence electrons. The van der Waals surface area contributed by atoms with Crippen LogP contribution in [0.2, 0.25) is 0 Å². The number of hydrogen-bond acceptors (Lipinski definition) is 6. The van der Waals surface area contributed by atoms with E-state index in [1.807, 2.05) is 6.92 Å². The van der Waals surface area contributed by atoms with Gasteiger partial charge in [0.1, 0.15) is 6.10 Å². The highest BCUT2D eigenvalue weighted by molar-refractivity contribution is 8.14. The van der Waals surface area contributed by atoms with Gasteiger partial charge < -0.3 is 19.9 Å². The van der Waals surface area contributed by atoms with Crippen molar-refractivity contribution in [2.45, 2.75) is 83.3 Å². The van der Waals surface area contributed by atoms with Crippen LogP contribution >= 0.6 is 11.8 Å². The van der Waals surface area contributed by atoms with Crippen LogP contribution in [-0.4, -0.2) is 46.1 Å². The fourth-order valence-electron chi connectivity index (χ4n) is 4.01. The molecular weight excluding hydrogens is 378 g/mol. The molecule has 2 saturated heterocycles. The molecule has 3 heterocycles. The van der Waals surface area contributed by atoms with Crippen LogP contribution in [0.3, 0.4) is 0 Å². The summed E-state index contributed by atoms with van der Waals surface area (Å²) in [6.07, 6.45) is 9.32. The number of fused-ring (bicyclic) bond motifs is 2. The molecule has 6 nitrogen and oxygen atoms in total. The number of nitrogens with one attached hydrogen (secondary N) is 1. The van der Waals surface area contributed by atoms with Crippen LogP contribution in [-0.2, 0) is 14.3 Å². The van der Waals surface area contributed by atoms with Crippen LogP contribution < -0.4 is 5.32 Å². The van der Waals surface area contributed by atoms with Gasteiger partial charge in [-0.3, -0.25) is 4.79 Å². The predicted molar refractivity (Wildman–Crippen MR) is 109 cm³/mol. The zero-order valence-corrected chi connectivity index (χ0v) is 17.7. The van der Waals surface area contributed by atoms with Crippen molar-refractivity contribution in [3.05, 3.63) is 23.8 Å². The van der Waals surface area contributed by atoms with Crippen LogP contribution in [0.5, 0.6) is 0 Å². The maximum atomic E-state index is 12.3. The topological polar surface area (TPSA) is 84.9 Å². The van der Waals surface area contributed by atoms with E-state index in [1.54, 1.807) is 6.08 Å². The smallest absolute Gasteiger partial charge is 0.330 e. The van der Waals surface area contributed by atoms with Gasteiger partial charge in [-0.1, -0.05) is 43.3 Å². The second kappa shape index (κ2) is 8.59. The fourth-order valence-corrected chi connectivity index (χ4v) is 4.89. The first-order chi connectivity index (χ1) is 13.2. The van der Waals surface area contributed by atoms with E-state index in [1.165, 1.54) is 0 Å². The summed E-state index contributed by atoms with van der Waals surface area (Å²) >= 11 is 1.14. The van der Waals surface area contributed by atoms with E-state index in [-0.39, 0.29) is 29.1 Å². The Morgan fingerprint density at radius 2 is 2.07 bits per heavy atom. The largest absolute Gasteiger partial charge is 0.459 e. The number of thioether (sulfide) groups is 1. The van der Waals surface area contributed by atoms with Gasteiger partial charge in [-0.15, -0.1) is 0 Å². The lowest BCUT2D eigenvalue weighted by Gasteiger charge is -2.44. The fraction of sp³-hybridized carbons (Fsp3) is 0.714. The molecule has 0 aromatic rings. The van der Waals surface area contributed by atoms with Crippen molar-refractivity contribution >= 4 is 23.0 Å². The molecule has 0 spiro atoms. The Balaban J connectivity index is 1.82. The standard InChI is InChI=1S/C21H31NO5S/c1-14-6-4-5-8-20(2,3)9-7-15-11-16(26-18(23)10-14)12-21(25,27-15)17-13-28-19(24)22-17/h5,8,10,15-17,25H,4,6-7,9,11-13H2,1-3H3,(H,22,24)/t15?,16-,17+,21-/m1/s1. The van der Waals surface area contributed by atoms with E-state index in [0.29, 0.717) is 12.2 Å². The van der Waals surface area contributed by atoms with Gasteiger partial charge in [0.15, 0.2) is 5.79 Å². The molecule has 0 aromatic carbocycles. The van der Waals surface area contributed by atoms with E-state index in [9.17, 15) is 14.7 Å². The molecule has 2 bridgehead atoms. The third kappa shape index (κ3) is 5.61. The van der Waals surface area contributed by atoms with E-state index in [0.717, 1.165) is 43.0 Å². The Morgan fingerprint density at radius 1 is 1.29 bits per heavy atom. The van der Waals surface area contributed by atoms with E-state index in [4.69, 9.17) is 9.47 Å². The Kier molecular flexibility index (Phi) is 6.57. The van der Waals surface area contributed by atoms with Gasteiger partial charge in [0.05, 0.1) is 12.1 Å². The number of amides is 1. The number of ether oxygens (including phenoxy) is 2. The number of carbonyl (C=O) groups excluding carboxylic acids is 2. The maximum absolute atomic E-state index is 12.3. The first kappa shape index (κ1) is 21.4. The van der Waals surface area contributed by atoms with Gasteiger partial charge >= 0.3 is 5.97 Å². The monoisotopic (exact) mass is 409 g/mol. The van der Waals surface area contributed by atoms with Crippen molar-refractivity contribution in [1.29, 1.82) is 0 Å². The average Bonchev–Trinajstić information content (AvgIpc) is 3.03. The summed E-state index contributed by atoms with van der Waals surface area (Å²) in [5.74, 6) is -1.46. The second-order valence-corrected chi connectivity index (χ2v) is 9.83. The first-order valence-corrected chi connectivity index (χ1v) is 11.0. The highest BCUT2D eigenvalue weighted by Gasteiger charge is 2.49. The van der Waals surface area contributed by atoms with Gasteiger partial charge in [0.2, 0.25) is 0 Å². The molecule has 3 aliphatic rings. The molecule has 0 saturated carbocycles. The first-order valence-electron chi connectivity index (χ1n) is 10.0. The molecule has 1 amide bonds. The van der Waals surface area contributed by atoms with Gasteiger partial charge in [0.25, 0.3) is 5.24 Å². The normalized spacial score (nSPS) is 36.9. The van der Waals surface area contributed by atoms with Gasteiger partial charge in [0, 0.05) is 24.7 Å². The minimum absolute atomic E-state index is 0.0181. The summed E-state index contributed by atoms with van der Waals surface area (Å²) < 4.78 is 11.8. The molecule has 4 atom stereocenters. The van der Waals surface area contributed by atoms with Crippen molar-refractivity contribution in [1.82, 2.24) is 5.32 Å². The summed E-state index contributed by atoms with van der Waals surface area (Å²) in [6, 6.07) is -0.502. The Labute approximate surface area is 171 Å². The van der Waals surface area contributed by atoms with E-state index >= 15 is 0 Å². The Hall–Kier alpha value is -1.31. The molecule has 28 heavy (non-hydrogen) atoms. The van der Waals surface area contributed by atoms with Crippen LogP contribution in [0, 0.1) is 5.41 Å². The minimum atomic E-state index is -1.52. The third-order valence-electron chi connectivity index (χ3n) is 5.67. The maximum Gasteiger partial charge on any atom is 0.330 e. The van der Waals surface area contributed by atoms with Crippen LogP contribution in [0.15, 0.2) is 23.8 Å². The van der Waals surface area contributed by atoms with Crippen molar-refractivity contribution in [2.24, 2.45) is 5.41 Å². The minimum Gasteiger partial charge on any atom is -0.459 e. The zero-order valence-electron chi connectivity index (χ0n) is 16.9. The summed E-state index contributed by atoms with van der Waals surface area (Å²) in [7, 11) is 0. The molecule has 0 aromatic heterocycles. The number of rotatable bonds is 1.